The number of hydrogen-bond acceptors (Lipinski definition) is 5. The fourth-order valence-corrected chi connectivity index (χ4v) is 3.91. The number of methoxy groups -OCH3 is 1. The molecule has 17 heavy (non-hydrogen) atoms. The molecule has 3 atom stereocenters. The lowest BCUT2D eigenvalue weighted by molar-refractivity contribution is -0.145. The highest BCUT2D eigenvalue weighted by atomic mass is 32.2. The first kappa shape index (κ1) is 14.4. The Balaban J connectivity index is 2.73. The molecule has 6 nitrogen and oxygen atoms in total. The lowest BCUT2D eigenvalue weighted by Gasteiger charge is -2.19. The van der Waals surface area contributed by atoms with E-state index in [1.54, 1.807) is 0 Å². The van der Waals surface area contributed by atoms with E-state index < -0.39 is 33.3 Å². The fourth-order valence-electron chi connectivity index (χ4n) is 2.06. The molecule has 0 amide bonds. The highest BCUT2D eigenvalue weighted by Gasteiger charge is 2.42. The third kappa shape index (κ3) is 3.65. The molecule has 1 rings (SSSR count). The molecule has 0 heterocycles. The first-order valence-corrected chi connectivity index (χ1v) is 7.17. The Morgan fingerprint density at radius 2 is 2.18 bits per heavy atom. The van der Waals surface area contributed by atoms with Gasteiger partial charge in [-0.3, -0.25) is 4.79 Å². The van der Waals surface area contributed by atoms with Crippen LogP contribution in [-0.2, 0) is 19.6 Å². The van der Waals surface area contributed by atoms with Gasteiger partial charge in [0.25, 0.3) is 0 Å². The van der Waals surface area contributed by atoms with E-state index in [9.17, 15) is 13.2 Å². The van der Waals surface area contributed by atoms with Crippen LogP contribution in [0.1, 0.15) is 26.2 Å². The molecule has 2 unspecified atom stereocenters. The molecular formula is C10H19NO5S. The summed E-state index contributed by atoms with van der Waals surface area (Å²) in [5.74, 6) is -1.07. The quantitative estimate of drug-likeness (QED) is 0.662. The van der Waals surface area contributed by atoms with Crippen LogP contribution in [0, 0.1) is 5.92 Å². The molecule has 1 aliphatic carbocycles. The van der Waals surface area contributed by atoms with Crippen molar-refractivity contribution in [2.75, 3.05) is 13.7 Å². The molecular weight excluding hydrogens is 246 g/mol. The molecule has 0 bridgehead atoms. The smallest absolute Gasteiger partial charge is 0.310 e. The maximum absolute atomic E-state index is 11.9. The van der Waals surface area contributed by atoms with Gasteiger partial charge in [0.15, 0.2) is 0 Å². The van der Waals surface area contributed by atoms with Gasteiger partial charge in [-0.15, -0.1) is 0 Å². The van der Waals surface area contributed by atoms with E-state index in [0.29, 0.717) is 19.3 Å². The largest absolute Gasteiger partial charge is 0.469 e. The summed E-state index contributed by atoms with van der Waals surface area (Å²) in [6.45, 7) is 1.46. The Bertz CT molecular complexity index is 365. The minimum Gasteiger partial charge on any atom is -0.469 e. The van der Waals surface area contributed by atoms with Crippen LogP contribution >= 0.6 is 0 Å². The number of rotatable bonds is 5. The molecule has 100 valence electrons. The van der Waals surface area contributed by atoms with Crippen LogP contribution in [-0.4, -0.2) is 44.5 Å². The van der Waals surface area contributed by atoms with E-state index in [4.69, 9.17) is 5.11 Å². The normalized spacial score (nSPS) is 26.8. The van der Waals surface area contributed by atoms with Crippen molar-refractivity contribution < 1.29 is 23.1 Å². The Kier molecular flexibility index (Phi) is 4.91. The minimum absolute atomic E-state index is 0.0350. The molecule has 0 aromatic heterocycles. The number of ether oxygens (including phenoxy) is 1. The third-order valence-electron chi connectivity index (χ3n) is 2.93. The number of hydrogen-bond donors (Lipinski definition) is 2. The van der Waals surface area contributed by atoms with Gasteiger partial charge in [0.1, 0.15) is 0 Å². The SMILES string of the molecule is COC(=O)C1CCCC1S(=O)(=O)NC[C@@H](C)O. The maximum atomic E-state index is 11.9. The summed E-state index contributed by atoms with van der Waals surface area (Å²) < 4.78 is 30.8. The first-order valence-electron chi connectivity index (χ1n) is 5.63. The second-order valence-corrected chi connectivity index (χ2v) is 6.33. The molecule has 1 saturated carbocycles. The van der Waals surface area contributed by atoms with Crippen LogP contribution in [0.5, 0.6) is 0 Å². The monoisotopic (exact) mass is 265 g/mol. The van der Waals surface area contributed by atoms with E-state index in [2.05, 4.69) is 9.46 Å². The van der Waals surface area contributed by atoms with Crippen molar-refractivity contribution in [2.24, 2.45) is 5.92 Å². The summed E-state index contributed by atoms with van der Waals surface area (Å²) in [7, 11) is -2.31. The van der Waals surface area contributed by atoms with Gasteiger partial charge < -0.3 is 9.84 Å². The van der Waals surface area contributed by atoms with E-state index in [0.717, 1.165) is 0 Å². The number of esters is 1. The molecule has 0 aliphatic heterocycles. The van der Waals surface area contributed by atoms with Crippen LogP contribution in [0.25, 0.3) is 0 Å². The van der Waals surface area contributed by atoms with E-state index in [1.165, 1.54) is 14.0 Å². The van der Waals surface area contributed by atoms with Gasteiger partial charge in [0.2, 0.25) is 10.0 Å². The molecule has 0 aromatic rings. The fraction of sp³-hybridized carbons (Fsp3) is 0.900. The number of aliphatic hydroxyl groups excluding tert-OH is 1. The van der Waals surface area contributed by atoms with Crippen LogP contribution in [0.3, 0.4) is 0 Å². The number of carbonyl (C=O) groups is 1. The molecule has 0 spiro atoms. The zero-order chi connectivity index (χ0) is 13.1. The summed E-state index contributed by atoms with van der Waals surface area (Å²) in [6, 6.07) is 0. The molecule has 2 N–H and O–H groups in total. The highest BCUT2D eigenvalue weighted by Crippen LogP contribution is 2.31. The van der Waals surface area contributed by atoms with Gasteiger partial charge >= 0.3 is 5.97 Å². The van der Waals surface area contributed by atoms with E-state index in [1.807, 2.05) is 0 Å². The van der Waals surface area contributed by atoms with Crippen LogP contribution in [0.4, 0.5) is 0 Å². The van der Waals surface area contributed by atoms with Gasteiger partial charge in [0, 0.05) is 6.54 Å². The average Bonchev–Trinajstić information content (AvgIpc) is 2.75. The number of nitrogens with one attached hydrogen (secondary N) is 1. The van der Waals surface area contributed by atoms with Gasteiger partial charge in [0.05, 0.1) is 24.4 Å². The van der Waals surface area contributed by atoms with E-state index >= 15 is 0 Å². The topological polar surface area (TPSA) is 92.7 Å². The second kappa shape index (κ2) is 5.79. The number of sulfonamides is 1. The third-order valence-corrected chi connectivity index (χ3v) is 4.87. The maximum Gasteiger partial charge on any atom is 0.310 e. The Hall–Kier alpha value is -0.660. The van der Waals surface area contributed by atoms with Crippen molar-refractivity contribution in [3.63, 3.8) is 0 Å². The van der Waals surface area contributed by atoms with Gasteiger partial charge in [-0.1, -0.05) is 6.42 Å². The molecule has 0 aromatic carbocycles. The van der Waals surface area contributed by atoms with Crippen LogP contribution < -0.4 is 4.72 Å². The minimum atomic E-state index is -3.57. The average molecular weight is 265 g/mol. The summed E-state index contributed by atoms with van der Waals surface area (Å²) in [5, 5.41) is 8.32. The van der Waals surface area contributed by atoms with Crippen molar-refractivity contribution in [1.82, 2.24) is 4.72 Å². The van der Waals surface area contributed by atoms with Gasteiger partial charge in [-0.05, 0) is 19.8 Å². The standard InChI is InChI=1S/C10H19NO5S/c1-7(12)6-11-17(14,15)9-5-3-4-8(9)10(13)16-2/h7-9,11-12H,3-6H2,1-2H3/t7-,8?,9?/m1/s1. The predicted octanol–water partition coefficient (Wildman–Crippen LogP) is -0.372. The Labute approximate surface area is 101 Å². The Morgan fingerprint density at radius 3 is 2.71 bits per heavy atom. The van der Waals surface area contributed by atoms with Crippen molar-refractivity contribution >= 4 is 16.0 Å². The molecule has 0 radical (unpaired) electrons. The van der Waals surface area contributed by atoms with Crippen LogP contribution in [0.2, 0.25) is 0 Å². The van der Waals surface area contributed by atoms with Crippen molar-refractivity contribution in [1.29, 1.82) is 0 Å². The zero-order valence-electron chi connectivity index (χ0n) is 10.0. The summed E-state index contributed by atoms with van der Waals surface area (Å²) in [4.78, 5) is 11.4. The summed E-state index contributed by atoms with van der Waals surface area (Å²) in [5.41, 5.74) is 0. The van der Waals surface area contributed by atoms with Crippen molar-refractivity contribution in [3.05, 3.63) is 0 Å². The highest BCUT2D eigenvalue weighted by molar-refractivity contribution is 7.90. The van der Waals surface area contributed by atoms with E-state index in [-0.39, 0.29) is 6.54 Å². The molecule has 0 saturated heterocycles. The first-order chi connectivity index (χ1) is 7.88. The van der Waals surface area contributed by atoms with Crippen molar-refractivity contribution in [3.8, 4) is 0 Å². The summed E-state index contributed by atoms with van der Waals surface area (Å²) >= 11 is 0. The van der Waals surface area contributed by atoms with Crippen LogP contribution in [0.15, 0.2) is 0 Å². The number of aliphatic hydroxyl groups is 1. The lowest BCUT2D eigenvalue weighted by atomic mass is 10.1. The predicted molar refractivity (Wildman–Crippen MR) is 61.7 cm³/mol. The Morgan fingerprint density at radius 1 is 1.53 bits per heavy atom. The van der Waals surface area contributed by atoms with Crippen molar-refractivity contribution in [2.45, 2.75) is 37.5 Å². The molecule has 7 heteroatoms. The molecule has 1 fully saturated rings. The number of carbonyl (C=O) groups excluding carboxylic acids is 1. The van der Waals surface area contributed by atoms with Gasteiger partial charge in [-0.2, -0.15) is 0 Å². The summed E-state index contributed by atoms with van der Waals surface area (Å²) in [6.07, 6.45) is 0.935. The van der Waals surface area contributed by atoms with Gasteiger partial charge in [-0.25, -0.2) is 13.1 Å². The second-order valence-electron chi connectivity index (χ2n) is 4.34. The lowest BCUT2D eigenvalue weighted by Crippen LogP contribution is -2.41. The zero-order valence-corrected chi connectivity index (χ0v) is 10.9. The molecule has 1 aliphatic rings.